The molecule has 2 amide bonds. The zero-order chi connectivity index (χ0) is 12.1. The van der Waals surface area contributed by atoms with E-state index in [1.54, 1.807) is 0 Å². The summed E-state index contributed by atoms with van der Waals surface area (Å²) in [6.45, 7) is 3.80. The van der Waals surface area contributed by atoms with Crippen molar-refractivity contribution in [1.29, 1.82) is 0 Å². The highest BCUT2D eigenvalue weighted by atomic mass is 16.4. The summed E-state index contributed by atoms with van der Waals surface area (Å²) in [5.41, 5.74) is 5.23. The topological polar surface area (TPSA) is 95.7 Å². The largest absolute Gasteiger partial charge is 0.481 e. The van der Waals surface area contributed by atoms with Crippen LogP contribution in [-0.4, -0.2) is 47.7 Å². The molecule has 0 bridgehead atoms. The van der Waals surface area contributed by atoms with Crippen LogP contribution in [-0.2, 0) is 4.79 Å². The van der Waals surface area contributed by atoms with Gasteiger partial charge in [0.05, 0.1) is 0 Å². The van der Waals surface area contributed by atoms with Crippen molar-refractivity contribution in [1.82, 2.24) is 10.2 Å². The number of nitrogens with zero attached hydrogens (tertiary/aromatic N) is 1. The number of urea groups is 1. The van der Waals surface area contributed by atoms with Gasteiger partial charge in [0.15, 0.2) is 0 Å². The van der Waals surface area contributed by atoms with Crippen LogP contribution in [0.5, 0.6) is 0 Å². The molecule has 1 rings (SSSR count). The molecule has 0 radical (unpaired) electrons. The molecule has 92 valence electrons. The maximum absolute atomic E-state index is 11.1. The second kappa shape index (κ2) is 5.69. The number of likely N-dealkylation sites (N-methyl/N-ethyl adjacent to an activating group) is 1. The number of carbonyl (C=O) groups is 2. The van der Waals surface area contributed by atoms with Gasteiger partial charge in [0, 0.05) is 25.6 Å². The van der Waals surface area contributed by atoms with Crippen LogP contribution in [0, 0.1) is 5.92 Å². The van der Waals surface area contributed by atoms with Crippen molar-refractivity contribution in [3.63, 3.8) is 0 Å². The first-order valence-electron chi connectivity index (χ1n) is 5.52. The molecule has 6 nitrogen and oxygen atoms in total. The fourth-order valence-electron chi connectivity index (χ4n) is 2.22. The Hall–Kier alpha value is -1.30. The monoisotopic (exact) mass is 229 g/mol. The molecule has 2 atom stereocenters. The maximum Gasteiger partial charge on any atom is 0.314 e. The second-order valence-corrected chi connectivity index (χ2v) is 4.20. The van der Waals surface area contributed by atoms with Crippen molar-refractivity contribution >= 4 is 12.0 Å². The summed E-state index contributed by atoms with van der Waals surface area (Å²) >= 11 is 0. The summed E-state index contributed by atoms with van der Waals surface area (Å²) in [4.78, 5) is 23.3. The van der Waals surface area contributed by atoms with E-state index in [-0.39, 0.29) is 18.4 Å². The molecule has 0 spiro atoms. The lowest BCUT2D eigenvalue weighted by Gasteiger charge is -2.36. The molecule has 0 saturated carbocycles. The number of primary amides is 1. The molecule has 16 heavy (non-hydrogen) atoms. The third-order valence-electron chi connectivity index (χ3n) is 2.80. The van der Waals surface area contributed by atoms with Crippen molar-refractivity contribution in [3.8, 4) is 0 Å². The fraction of sp³-hybridized carbons (Fsp3) is 0.800. The van der Waals surface area contributed by atoms with Gasteiger partial charge in [0.25, 0.3) is 0 Å². The first-order valence-corrected chi connectivity index (χ1v) is 5.52. The number of carboxylic acids is 1. The molecule has 4 N–H and O–H groups in total. The molecule has 0 aromatic rings. The third-order valence-corrected chi connectivity index (χ3v) is 2.80. The van der Waals surface area contributed by atoms with Crippen LogP contribution in [0.1, 0.15) is 19.8 Å². The van der Waals surface area contributed by atoms with E-state index in [0.717, 1.165) is 13.0 Å². The summed E-state index contributed by atoms with van der Waals surface area (Å²) < 4.78 is 0. The zero-order valence-electron chi connectivity index (χ0n) is 9.48. The number of piperidine rings is 1. The molecule has 0 aromatic heterocycles. The summed E-state index contributed by atoms with van der Waals surface area (Å²) in [6.07, 6.45) is 0.871. The van der Waals surface area contributed by atoms with E-state index in [0.29, 0.717) is 13.1 Å². The van der Waals surface area contributed by atoms with Gasteiger partial charge in [0.1, 0.15) is 0 Å². The molecular weight excluding hydrogens is 210 g/mol. The van der Waals surface area contributed by atoms with Crippen LogP contribution >= 0.6 is 0 Å². The summed E-state index contributed by atoms with van der Waals surface area (Å²) in [7, 11) is 0. The molecular formula is C10H19N3O3. The van der Waals surface area contributed by atoms with Gasteiger partial charge in [-0.05, 0) is 18.9 Å². The van der Waals surface area contributed by atoms with E-state index in [1.165, 1.54) is 4.90 Å². The Bertz CT molecular complexity index is 270. The summed E-state index contributed by atoms with van der Waals surface area (Å²) in [6, 6.07) is -0.325. The molecule has 1 saturated heterocycles. The Morgan fingerprint density at radius 3 is 2.69 bits per heavy atom. The van der Waals surface area contributed by atoms with E-state index in [9.17, 15) is 9.59 Å². The van der Waals surface area contributed by atoms with Gasteiger partial charge in [0.2, 0.25) is 0 Å². The van der Waals surface area contributed by atoms with Crippen molar-refractivity contribution in [2.24, 2.45) is 11.7 Å². The highest BCUT2D eigenvalue weighted by molar-refractivity contribution is 5.72. The lowest BCUT2D eigenvalue weighted by Crippen LogP contribution is -2.53. The standard InChI is InChI=1S/C10H19N3O3/c1-2-12-8-3-7(4-9(14)15)5-13(6-8)10(11)16/h7-8,12H,2-6H2,1H3,(H2,11,16)(H,14,15). The maximum atomic E-state index is 11.1. The number of hydrogen-bond acceptors (Lipinski definition) is 3. The number of carboxylic acid groups (broad SMARTS) is 1. The van der Waals surface area contributed by atoms with Crippen molar-refractivity contribution in [3.05, 3.63) is 0 Å². The number of likely N-dealkylation sites (tertiary alicyclic amines) is 1. The van der Waals surface area contributed by atoms with E-state index in [4.69, 9.17) is 10.8 Å². The van der Waals surface area contributed by atoms with Gasteiger partial charge in [-0.1, -0.05) is 6.92 Å². The number of nitrogens with one attached hydrogen (secondary N) is 1. The molecule has 0 aromatic carbocycles. The van der Waals surface area contributed by atoms with Gasteiger partial charge < -0.3 is 21.1 Å². The Morgan fingerprint density at radius 1 is 1.50 bits per heavy atom. The summed E-state index contributed by atoms with van der Waals surface area (Å²) in [5.74, 6) is -0.839. The van der Waals surface area contributed by atoms with Crippen molar-refractivity contribution < 1.29 is 14.7 Å². The zero-order valence-corrected chi connectivity index (χ0v) is 9.48. The minimum Gasteiger partial charge on any atom is -0.481 e. The molecule has 1 aliphatic heterocycles. The second-order valence-electron chi connectivity index (χ2n) is 4.20. The molecule has 0 aliphatic carbocycles. The normalized spacial score (nSPS) is 25.4. The van der Waals surface area contributed by atoms with E-state index in [2.05, 4.69) is 5.32 Å². The number of amides is 2. The van der Waals surface area contributed by atoms with Crippen LogP contribution in [0.25, 0.3) is 0 Å². The smallest absolute Gasteiger partial charge is 0.314 e. The van der Waals surface area contributed by atoms with Gasteiger partial charge in [-0.15, -0.1) is 0 Å². The average Bonchev–Trinajstić information content (AvgIpc) is 2.16. The van der Waals surface area contributed by atoms with E-state index >= 15 is 0 Å². The SMILES string of the molecule is CCNC1CC(CC(=O)O)CN(C(N)=O)C1. The van der Waals surface area contributed by atoms with E-state index < -0.39 is 12.0 Å². The number of carbonyl (C=O) groups excluding carboxylic acids is 1. The van der Waals surface area contributed by atoms with Crippen LogP contribution in [0.3, 0.4) is 0 Å². The quantitative estimate of drug-likeness (QED) is 0.624. The lowest BCUT2D eigenvalue weighted by molar-refractivity contribution is -0.138. The van der Waals surface area contributed by atoms with Crippen molar-refractivity contribution in [2.45, 2.75) is 25.8 Å². The lowest BCUT2D eigenvalue weighted by atomic mass is 9.91. The number of nitrogens with two attached hydrogens (primary N) is 1. The Labute approximate surface area is 94.8 Å². The number of hydrogen-bond donors (Lipinski definition) is 3. The fourth-order valence-corrected chi connectivity index (χ4v) is 2.22. The first-order chi connectivity index (χ1) is 7.52. The molecule has 1 heterocycles. The van der Waals surface area contributed by atoms with Gasteiger partial charge in [-0.25, -0.2) is 4.79 Å². The van der Waals surface area contributed by atoms with Crippen LogP contribution in [0.2, 0.25) is 0 Å². The first kappa shape index (κ1) is 12.8. The van der Waals surface area contributed by atoms with Crippen molar-refractivity contribution in [2.75, 3.05) is 19.6 Å². The van der Waals surface area contributed by atoms with Gasteiger partial charge >= 0.3 is 12.0 Å². The highest BCUT2D eigenvalue weighted by Crippen LogP contribution is 2.19. The Kier molecular flexibility index (Phi) is 4.54. The van der Waals surface area contributed by atoms with Crippen LogP contribution in [0.4, 0.5) is 4.79 Å². The number of aliphatic carboxylic acids is 1. The predicted octanol–water partition coefficient (Wildman–Crippen LogP) is -0.160. The molecule has 6 heteroatoms. The Morgan fingerprint density at radius 2 is 2.19 bits per heavy atom. The van der Waals surface area contributed by atoms with E-state index in [1.807, 2.05) is 6.92 Å². The minimum absolute atomic E-state index is 0.0113. The van der Waals surface area contributed by atoms with Crippen LogP contribution in [0.15, 0.2) is 0 Å². The third kappa shape index (κ3) is 3.69. The number of rotatable bonds is 4. The average molecular weight is 229 g/mol. The molecule has 1 aliphatic rings. The molecule has 2 unspecified atom stereocenters. The minimum atomic E-state index is -0.827. The highest BCUT2D eigenvalue weighted by Gasteiger charge is 2.29. The van der Waals surface area contributed by atoms with Gasteiger partial charge in [-0.2, -0.15) is 0 Å². The summed E-state index contributed by atoms with van der Waals surface area (Å²) in [5, 5.41) is 12.0. The Balaban J connectivity index is 2.58. The molecule has 1 fully saturated rings. The van der Waals surface area contributed by atoms with Crippen LogP contribution < -0.4 is 11.1 Å². The van der Waals surface area contributed by atoms with Gasteiger partial charge in [-0.3, -0.25) is 4.79 Å². The predicted molar refractivity (Wildman–Crippen MR) is 59.0 cm³/mol.